The number of fused-ring (bicyclic) bond motifs is 2. The van der Waals surface area contributed by atoms with Gasteiger partial charge in [0, 0.05) is 19.7 Å². The van der Waals surface area contributed by atoms with E-state index in [0.29, 0.717) is 18.4 Å². The summed E-state index contributed by atoms with van der Waals surface area (Å²) in [4.78, 5) is 14.6. The summed E-state index contributed by atoms with van der Waals surface area (Å²) >= 11 is 0. The van der Waals surface area contributed by atoms with Gasteiger partial charge < -0.3 is 15.4 Å². The molecule has 2 aliphatic rings. The molecule has 0 aromatic carbocycles. The number of carbonyl (C=O) groups is 1. The van der Waals surface area contributed by atoms with E-state index >= 15 is 0 Å². The summed E-state index contributed by atoms with van der Waals surface area (Å²) in [5.41, 5.74) is 6.25. The Balaban J connectivity index is 2.05. The minimum absolute atomic E-state index is 0.0583. The van der Waals surface area contributed by atoms with E-state index < -0.39 is 0 Å². The van der Waals surface area contributed by atoms with Crippen LogP contribution in [-0.2, 0) is 9.53 Å². The molecule has 104 valence electrons. The van der Waals surface area contributed by atoms with Crippen molar-refractivity contribution in [3.63, 3.8) is 0 Å². The first-order valence-electron chi connectivity index (χ1n) is 7.15. The van der Waals surface area contributed by atoms with Gasteiger partial charge >= 0.3 is 0 Å². The quantitative estimate of drug-likeness (QED) is 0.803. The third kappa shape index (κ3) is 2.28. The lowest BCUT2D eigenvalue weighted by atomic mass is 9.83. The molecule has 2 saturated carbocycles. The molecule has 2 rings (SSSR count). The lowest BCUT2D eigenvalue weighted by Crippen LogP contribution is -2.50. The maximum atomic E-state index is 12.7. The summed E-state index contributed by atoms with van der Waals surface area (Å²) in [6.07, 6.45) is 3.56. The monoisotopic (exact) mass is 254 g/mol. The lowest BCUT2D eigenvalue weighted by Gasteiger charge is -2.35. The Morgan fingerprint density at radius 2 is 2.11 bits per heavy atom. The second-order valence-electron chi connectivity index (χ2n) is 5.86. The van der Waals surface area contributed by atoms with Gasteiger partial charge in [0.25, 0.3) is 0 Å². The molecule has 0 saturated heterocycles. The number of ether oxygens (including phenoxy) is 1. The highest BCUT2D eigenvalue weighted by atomic mass is 16.5. The van der Waals surface area contributed by atoms with Crippen LogP contribution < -0.4 is 5.73 Å². The van der Waals surface area contributed by atoms with Crippen molar-refractivity contribution in [2.75, 3.05) is 20.3 Å². The van der Waals surface area contributed by atoms with Crippen molar-refractivity contribution in [3.05, 3.63) is 0 Å². The summed E-state index contributed by atoms with van der Waals surface area (Å²) < 4.78 is 5.16. The molecule has 0 aromatic rings. The molecule has 2 fully saturated rings. The standard InChI is InChI=1S/C14H26N2O2/c1-4-16(9(2)8-18-3)14(17)12-10-5-6-11(7-10)13(12)15/h9-13H,4-8,15H2,1-3H3. The van der Waals surface area contributed by atoms with E-state index in [9.17, 15) is 4.79 Å². The van der Waals surface area contributed by atoms with Crippen LogP contribution in [0.15, 0.2) is 0 Å². The predicted octanol–water partition coefficient (Wildman–Crippen LogP) is 1.24. The average Bonchev–Trinajstić information content (AvgIpc) is 2.90. The first-order valence-corrected chi connectivity index (χ1v) is 7.15. The Labute approximate surface area is 110 Å². The number of likely N-dealkylation sites (N-methyl/N-ethyl adjacent to an activating group) is 1. The minimum Gasteiger partial charge on any atom is -0.383 e. The molecule has 2 N–H and O–H groups in total. The lowest BCUT2D eigenvalue weighted by molar-refractivity contribution is -0.140. The molecule has 0 radical (unpaired) electrons. The molecule has 18 heavy (non-hydrogen) atoms. The summed E-state index contributed by atoms with van der Waals surface area (Å²) in [5, 5.41) is 0. The number of carbonyl (C=O) groups excluding carboxylic acids is 1. The van der Waals surface area contributed by atoms with Crippen molar-refractivity contribution in [1.29, 1.82) is 0 Å². The van der Waals surface area contributed by atoms with Crippen molar-refractivity contribution in [2.24, 2.45) is 23.5 Å². The van der Waals surface area contributed by atoms with Gasteiger partial charge in [-0.05, 0) is 44.9 Å². The van der Waals surface area contributed by atoms with Gasteiger partial charge in [-0.25, -0.2) is 0 Å². The number of rotatable bonds is 5. The van der Waals surface area contributed by atoms with Crippen molar-refractivity contribution < 1.29 is 9.53 Å². The number of amides is 1. The molecule has 4 nitrogen and oxygen atoms in total. The Morgan fingerprint density at radius 3 is 2.61 bits per heavy atom. The Bertz CT molecular complexity index is 306. The highest BCUT2D eigenvalue weighted by Crippen LogP contribution is 2.48. The third-order valence-corrected chi connectivity index (χ3v) is 4.83. The zero-order valence-electron chi connectivity index (χ0n) is 11.8. The van der Waals surface area contributed by atoms with E-state index in [0.717, 1.165) is 13.0 Å². The summed E-state index contributed by atoms with van der Waals surface area (Å²) in [6, 6.07) is 0.221. The number of nitrogens with zero attached hydrogens (tertiary/aromatic N) is 1. The molecule has 5 atom stereocenters. The largest absolute Gasteiger partial charge is 0.383 e. The zero-order chi connectivity index (χ0) is 13.3. The number of nitrogens with two attached hydrogens (primary N) is 1. The average molecular weight is 254 g/mol. The molecule has 1 amide bonds. The van der Waals surface area contributed by atoms with Crippen LogP contribution in [0.2, 0.25) is 0 Å². The van der Waals surface area contributed by atoms with E-state index in [1.54, 1.807) is 7.11 Å². The van der Waals surface area contributed by atoms with Gasteiger partial charge in [-0.2, -0.15) is 0 Å². The zero-order valence-corrected chi connectivity index (χ0v) is 11.8. The van der Waals surface area contributed by atoms with Crippen LogP contribution in [0, 0.1) is 17.8 Å². The predicted molar refractivity (Wildman–Crippen MR) is 71.0 cm³/mol. The number of methoxy groups -OCH3 is 1. The summed E-state index contributed by atoms with van der Waals surface area (Å²) in [5.74, 6) is 1.42. The van der Waals surface area contributed by atoms with Gasteiger partial charge in [0.15, 0.2) is 0 Å². The molecular formula is C14H26N2O2. The number of hydrogen-bond acceptors (Lipinski definition) is 3. The maximum Gasteiger partial charge on any atom is 0.227 e. The van der Waals surface area contributed by atoms with Gasteiger partial charge in [-0.3, -0.25) is 4.79 Å². The van der Waals surface area contributed by atoms with E-state index in [-0.39, 0.29) is 23.9 Å². The summed E-state index contributed by atoms with van der Waals surface area (Å²) in [7, 11) is 1.68. The van der Waals surface area contributed by atoms with Crippen molar-refractivity contribution in [2.45, 2.75) is 45.2 Å². The second-order valence-corrected chi connectivity index (χ2v) is 5.86. The number of hydrogen-bond donors (Lipinski definition) is 1. The highest BCUT2D eigenvalue weighted by molar-refractivity contribution is 5.81. The first-order chi connectivity index (χ1) is 8.60. The smallest absolute Gasteiger partial charge is 0.227 e. The van der Waals surface area contributed by atoms with Gasteiger partial charge in [0.05, 0.1) is 18.6 Å². The van der Waals surface area contributed by atoms with Crippen LogP contribution in [0.4, 0.5) is 0 Å². The van der Waals surface area contributed by atoms with E-state index in [2.05, 4.69) is 0 Å². The molecule has 2 aliphatic carbocycles. The van der Waals surface area contributed by atoms with Crippen LogP contribution in [0.3, 0.4) is 0 Å². The fourth-order valence-corrected chi connectivity index (χ4v) is 3.91. The van der Waals surface area contributed by atoms with Gasteiger partial charge in [-0.15, -0.1) is 0 Å². The molecule has 0 aromatic heterocycles. The molecule has 5 unspecified atom stereocenters. The Morgan fingerprint density at radius 1 is 1.44 bits per heavy atom. The molecule has 0 aliphatic heterocycles. The second kappa shape index (κ2) is 5.57. The van der Waals surface area contributed by atoms with Gasteiger partial charge in [-0.1, -0.05) is 0 Å². The fraction of sp³-hybridized carbons (Fsp3) is 0.929. The van der Waals surface area contributed by atoms with Gasteiger partial charge in [0.1, 0.15) is 0 Å². The molecule has 0 heterocycles. The van der Waals surface area contributed by atoms with E-state index in [4.69, 9.17) is 10.5 Å². The molecule has 2 bridgehead atoms. The van der Waals surface area contributed by atoms with Crippen LogP contribution in [0.1, 0.15) is 33.1 Å². The first kappa shape index (κ1) is 13.8. The molecule has 4 heteroatoms. The van der Waals surface area contributed by atoms with Crippen molar-refractivity contribution >= 4 is 5.91 Å². The molecule has 0 spiro atoms. The van der Waals surface area contributed by atoms with Gasteiger partial charge in [0.2, 0.25) is 5.91 Å². The van der Waals surface area contributed by atoms with Crippen LogP contribution in [0.5, 0.6) is 0 Å². The molecular weight excluding hydrogens is 228 g/mol. The van der Waals surface area contributed by atoms with E-state index in [1.807, 2.05) is 18.7 Å². The van der Waals surface area contributed by atoms with E-state index in [1.165, 1.54) is 12.8 Å². The SMILES string of the molecule is CCN(C(=O)C1C2CCC(C2)C1N)C(C)COC. The van der Waals surface area contributed by atoms with Crippen LogP contribution >= 0.6 is 0 Å². The maximum absolute atomic E-state index is 12.7. The topological polar surface area (TPSA) is 55.6 Å². The van der Waals surface area contributed by atoms with Crippen LogP contribution in [-0.4, -0.2) is 43.2 Å². The van der Waals surface area contributed by atoms with Crippen LogP contribution in [0.25, 0.3) is 0 Å². The third-order valence-electron chi connectivity index (χ3n) is 4.83. The minimum atomic E-state index is 0.0583. The Kier molecular flexibility index (Phi) is 4.28. The Hall–Kier alpha value is -0.610. The highest BCUT2D eigenvalue weighted by Gasteiger charge is 2.50. The van der Waals surface area contributed by atoms with Crippen molar-refractivity contribution in [1.82, 2.24) is 4.90 Å². The van der Waals surface area contributed by atoms with Crippen molar-refractivity contribution in [3.8, 4) is 0 Å². The fourth-order valence-electron chi connectivity index (χ4n) is 3.91. The normalized spacial score (nSPS) is 35.8. The summed E-state index contributed by atoms with van der Waals surface area (Å²) in [6.45, 7) is 5.41.